The number of para-hydroxylation sites is 1. The van der Waals surface area contributed by atoms with Crippen molar-refractivity contribution in [3.63, 3.8) is 0 Å². The van der Waals surface area contributed by atoms with E-state index in [2.05, 4.69) is 26.2 Å². The third-order valence-corrected chi connectivity index (χ3v) is 3.45. The van der Waals surface area contributed by atoms with Gasteiger partial charge in [0.1, 0.15) is 0 Å². The Morgan fingerprint density at radius 1 is 1.45 bits per heavy atom. The van der Waals surface area contributed by atoms with Gasteiger partial charge in [-0.1, -0.05) is 25.1 Å². The van der Waals surface area contributed by atoms with E-state index < -0.39 is 4.92 Å². The number of aryl methyl sites for hydroxylation is 2. The number of rotatable bonds is 4. The van der Waals surface area contributed by atoms with Gasteiger partial charge in [0, 0.05) is 22.4 Å². The van der Waals surface area contributed by atoms with Crippen LogP contribution in [0.15, 0.2) is 34.9 Å². The number of nitrogens with one attached hydrogen (secondary N) is 1. The SMILES string of the molecule is CCc1cccc(C)c1Nc1ncc(Br)cc1[N+](=O)[O-]. The average Bonchev–Trinajstić information content (AvgIpc) is 2.42. The minimum atomic E-state index is -0.440. The van der Waals surface area contributed by atoms with Crippen molar-refractivity contribution < 1.29 is 4.92 Å². The van der Waals surface area contributed by atoms with Crippen molar-refractivity contribution in [3.05, 3.63) is 56.2 Å². The second kappa shape index (κ2) is 6.00. The predicted molar refractivity (Wildman–Crippen MR) is 82.4 cm³/mol. The summed E-state index contributed by atoms with van der Waals surface area (Å²) in [5.41, 5.74) is 2.96. The largest absolute Gasteiger partial charge is 0.334 e. The first-order valence-corrected chi connectivity index (χ1v) is 6.97. The molecule has 0 aliphatic heterocycles. The van der Waals surface area contributed by atoms with Crippen molar-refractivity contribution >= 4 is 33.1 Å². The van der Waals surface area contributed by atoms with Crippen LogP contribution < -0.4 is 5.32 Å². The lowest BCUT2D eigenvalue weighted by molar-refractivity contribution is -0.384. The molecule has 0 radical (unpaired) electrons. The zero-order valence-electron chi connectivity index (χ0n) is 11.2. The van der Waals surface area contributed by atoms with Gasteiger partial charge in [0.05, 0.1) is 4.92 Å². The number of hydrogen-bond acceptors (Lipinski definition) is 4. The second-order valence-electron chi connectivity index (χ2n) is 4.37. The molecule has 0 unspecified atom stereocenters. The van der Waals surface area contributed by atoms with Crippen LogP contribution in [0.25, 0.3) is 0 Å². The van der Waals surface area contributed by atoms with Crippen LogP contribution in [-0.2, 0) is 6.42 Å². The number of pyridine rings is 1. The number of aromatic nitrogens is 1. The van der Waals surface area contributed by atoms with E-state index in [0.717, 1.165) is 23.2 Å². The normalized spacial score (nSPS) is 10.3. The van der Waals surface area contributed by atoms with Crippen molar-refractivity contribution in [2.45, 2.75) is 20.3 Å². The second-order valence-corrected chi connectivity index (χ2v) is 5.28. The third-order valence-electron chi connectivity index (χ3n) is 3.01. The first-order chi connectivity index (χ1) is 9.52. The summed E-state index contributed by atoms with van der Waals surface area (Å²) < 4.78 is 0.579. The molecule has 0 spiro atoms. The molecule has 20 heavy (non-hydrogen) atoms. The summed E-state index contributed by atoms with van der Waals surface area (Å²) in [6.45, 7) is 4.01. The molecule has 2 aromatic rings. The summed E-state index contributed by atoms with van der Waals surface area (Å²) in [6.07, 6.45) is 2.38. The monoisotopic (exact) mass is 335 g/mol. The van der Waals surface area contributed by atoms with Crippen LogP contribution in [0.3, 0.4) is 0 Å². The zero-order chi connectivity index (χ0) is 14.7. The molecule has 0 saturated heterocycles. The van der Waals surface area contributed by atoms with Crippen molar-refractivity contribution in [2.75, 3.05) is 5.32 Å². The van der Waals surface area contributed by atoms with Crippen molar-refractivity contribution in [3.8, 4) is 0 Å². The fraction of sp³-hybridized carbons (Fsp3) is 0.214. The molecule has 0 saturated carbocycles. The molecule has 0 atom stereocenters. The summed E-state index contributed by atoms with van der Waals surface area (Å²) >= 11 is 3.20. The summed E-state index contributed by atoms with van der Waals surface area (Å²) in [6, 6.07) is 7.38. The van der Waals surface area contributed by atoms with Crippen LogP contribution in [0.5, 0.6) is 0 Å². The topological polar surface area (TPSA) is 68.1 Å². The van der Waals surface area contributed by atoms with Gasteiger partial charge >= 0.3 is 5.69 Å². The van der Waals surface area contributed by atoms with Crippen LogP contribution in [0, 0.1) is 17.0 Å². The highest BCUT2D eigenvalue weighted by molar-refractivity contribution is 9.10. The molecular weight excluding hydrogens is 322 g/mol. The van der Waals surface area contributed by atoms with Crippen LogP contribution >= 0.6 is 15.9 Å². The Hall–Kier alpha value is -1.95. The predicted octanol–water partition coefficient (Wildman–Crippen LogP) is 4.37. The minimum Gasteiger partial charge on any atom is -0.334 e. The van der Waals surface area contributed by atoms with Crippen LogP contribution in [0.2, 0.25) is 0 Å². The Bertz CT molecular complexity index is 659. The van der Waals surface area contributed by atoms with Gasteiger partial charge in [-0.05, 0) is 40.4 Å². The van der Waals surface area contributed by atoms with Gasteiger partial charge < -0.3 is 5.32 Å². The highest BCUT2D eigenvalue weighted by atomic mass is 79.9. The number of hydrogen-bond donors (Lipinski definition) is 1. The zero-order valence-corrected chi connectivity index (χ0v) is 12.8. The molecule has 0 amide bonds. The van der Waals surface area contributed by atoms with E-state index in [4.69, 9.17) is 0 Å². The molecule has 1 N–H and O–H groups in total. The molecule has 1 aromatic heterocycles. The van der Waals surface area contributed by atoms with Gasteiger partial charge in [0.2, 0.25) is 5.82 Å². The summed E-state index contributed by atoms with van der Waals surface area (Å²) in [7, 11) is 0. The minimum absolute atomic E-state index is 0.0512. The van der Waals surface area contributed by atoms with Crippen molar-refractivity contribution in [1.29, 1.82) is 0 Å². The fourth-order valence-corrected chi connectivity index (χ4v) is 2.30. The highest BCUT2D eigenvalue weighted by Gasteiger charge is 2.17. The molecule has 2 rings (SSSR count). The fourth-order valence-electron chi connectivity index (χ4n) is 1.98. The van der Waals surface area contributed by atoms with Gasteiger partial charge in [-0.2, -0.15) is 0 Å². The lowest BCUT2D eigenvalue weighted by atomic mass is 10.1. The van der Waals surface area contributed by atoms with Crippen LogP contribution in [-0.4, -0.2) is 9.91 Å². The quantitative estimate of drug-likeness (QED) is 0.665. The molecule has 0 bridgehead atoms. The maximum atomic E-state index is 11.1. The summed E-state index contributed by atoms with van der Waals surface area (Å²) in [5, 5.41) is 14.2. The number of anilines is 2. The standard InChI is InChI=1S/C14H14BrN3O2/c1-3-10-6-4-5-9(2)13(10)17-14-12(18(19)20)7-11(15)8-16-14/h4-8H,3H2,1-2H3,(H,16,17). The molecule has 1 heterocycles. The molecule has 104 valence electrons. The Labute approximate surface area is 125 Å². The van der Waals surface area contributed by atoms with E-state index in [-0.39, 0.29) is 11.5 Å². The van der Waals surface area contributed by atoms with E-state index in [1.807, 2.05) is 32.0 Å². The van der Waals surface area contributed by atoms with E-state index in [9.17, 15) is 10.1 Å². The average molecular weight is 336 g/mol. The van der Waals surface area contributed by atoms with Gasteiger partial charge in [-0.25, -0.2) is 4.98 Å². The number of nitrogens with zero attached hydrogens (tertiary/aromatic N) is 2. The Kier molecular flexibility index (Phi) is 4.34. The highest BCUT2D eigenvalue weighted by Crippen LogP contribution is 2.31. The van der Waals surface area contributed by atoms with Gasteiger partial charge in [0.25, 0.3) is 0 Å². The number of benzene rings is 1. The maximum Gasteiger partial charge on any atom is 0.312 e. The third kappa shape index (κ3) is 2.96. The number of nitro groups is 1. The Morgan fingerprint density at radius 2 is 2.20 bits per heavy atom. The van der Waals surface area contributed by atoms with E-state index >= 15 is 0 Å². The molecule has 0 fully saturated rings. The molecule has 6 heteroatoms. The van der Waals surface area contributed by atoms with Gasteiger partial charge in [-0.3, -0.25) is 10.1 Å². The smallest absolute Gasteiger partial charge is 0.312 e. The molecule has 1 aromatic carbocycles. The maximum absolute atomic E-state index is 11.1. The molecule has 0 aliphatic rings. The first-order valence-electron chi connectivity index (χ1n) is 6.18. The molecule has 0 aliphatic carbocycles. The van der Waals surface area contributed by atoms with Crippen LogP contribution in [0.4, 0.5) is 17.2 Å². The van der Waals surface area contributed by atoms with E-state index in [1.165, 1.54) is 6.07 Å². The first kappa shape index (κ1) is 14.5. The Balaban J connectivity index is 2.48. The lowest BCUT2D eigenvalue weighted by Gasteiger charge is -2.13. The molecular formula is C14H14BrN3O2. The van der Waals surface area contributed by atoms with E-state index in [1.54, 1.807) is 6.20 Å². The van der Waals surface area contributed by atoms with Gasteiger partial charge in [0.15, 0.2) is 0 Å². The lowest BCUT2D eigenvalue weighted by Crippen LogP contribution is -2.03. The Morgan fingerprint density at radius 3 is 2.85 bits per heavy atom. The number of halogens is 1. The van der Waals surface area contributed by atoms with Gasteiger partial charge in [-0.15, -0.1) is 0 Å². The molecule has 5 nitrogen and oxygen atoms in total. The van der Waals surface area contributed by atoms with Crippen molar-refractivity contribution in [2.24, 2.45) is 0 Å². The van der Waals surface area contributed by atoms with Crippen LogP contribution in [0.1, 0.15) is 18.1 Å². The van der Waals surface area contributed by atoms with Crippen molar-refractivity contribution in [1.82, 2.24) is 4.98 Å². The van der Waals surface area contributed by atoms with E-state index in [0.29, 0.717) is 4.47 Å². The summed E-state index contributed by atoms with van der Waals surface area (Å²) in [5.74, 6) is 0.252. The summed E-state index contributed by atoms with van der Waals surface area (Å²) in [4.78, 5) is 14.8.